The molecule has 0 fully saturated rings. The van der Waals surface area contributed by atoms with Gasteiger partial charge in [0.15, 0.2) is 0 Å². The van der Waals surface area contributed by atoms with Crippen LogP contribution in [0.25, 0.3) is 10.9 Å². The van der Waals surface area contributed by atoms with E-state index in [0.29, 0.717) is 5.69 Å². The molecule has 0 atom stereocenters. The number of anilines is 1. The first-order chi connectivity index (χ1) is 11.5. The molecule has 24 heavy (non-hydrogen) atoms. The number of nitrogens with zero attached hydrogens (tertiary/aromatic N) is 1. The van der Waals surface area contributed by atoms with Crippen LogP contribution in [0.2, 0.25) is 0 Å². The predicted molar refractivity (Wildman–Crippen MR) is 93.3 cm³/mol. The Hall–Kier alpha value is -3.08. The van der Waals surface area contributed by atoms with Crippen LogP contribution in [0.1, 0.15) is 23.2 Å². The molecule has 0 bridgehead atoms. The van der Waals surface area contributed by atoms with Gasteiger partial charge in [0.05, 0.1) is 5.52 Å². The normalized spacial score (nSPS) is 10.7. The minimum Gasteiger partial charge on any atom is -0.508 e. The second kappa shape index (κ2) is 6.58. The first-order valence-electron chi connectivity index (χ1n) is 7.73. The van der Waals surface area contributed by atoms with E-state index in [9.17, 15) is 14.7 Å². The molecular formula is C19H18N2O3. The number of hydrogen-bond donors (Lipinski definition) is 2. The lowest BCUT2D eigenvalue weighted by atomic mass is 10.2. The van der Waals surface area contributed by atoms with Gasteiger partial charge in [0.25, 0.3) is 0 Å². The van der Waals surface area contributed by atoms with Crippen molar-refractivity contribution in [3.63, 3.8) is 0 Å². The summed E-state index contributed by atoms with van der Waals surface area (Å²) in [5.41, 5.74) is 2.25. The topological polar surface area (TPSA) is 71.3 Å². The van der Waals surface area contributed by atoms with Crippen LogP contribution in [0.4, 0.5) is 5.69 Å². The largest absolute Gasteiger partial charge is 0.508 e. The first-order valence-corrected chi connectivity index (χ1v) is 7.73. The zero-order valence-electron chi connectivity index (χ0n) is 13.3. The highest BCUT2D eigenvalue weighted by atomic mass is 16.3. The molecule has 122 valence electrons. The van der Waals surface area contributed by atoms with Crippen LogP contribution in [-0.4, -0.2) is 21.5 Å². The van der Waals surface area contributed by atoms with E-state index in [1.165, 1.54) is 6.07 Å². The highest BCUT2D eigenvalue weighted by Crippen LogP contribution is 2.20. The molecule has 2 N–H and O–H groups in total. The molecule has 5 nitrogen and oxygen atoms in total. The number of para-hydroxylation sites is 1. The van der Waals surface area contributed by atoms with Crippen LogP contribution in [0.3, 0.4) is 0 Å². The summed E-state index contributed by atoms with van der Waals surface area (Å²) in [7, 11) is 0. The van der Waals surface area contributed by atoms with E-state index in [-0.39, 0.29) is 30.4 Å². The molecular weight excluding hydrogens is 304 g/mol. The standard InChI is InChI=1S/C19H18N2O3/c1-13-12-15(22)6-7-16(13)20-18(23)8-9-19(24)21-11-10-14-4-2-3-5-17(14)21/h2-7,10-12,22H,8-9H2,1H3,(H,20,23). The number of rotatable bonds is 4. The van der Waals surface area contributed by atoms with E-state index in [1.807, 2.05) is 30.3 Å². The SMILES string of the molecule is Cc1cc(O)ccc1NC(=O)CCC(=O)n1ccc2ccccc21. The van der Waals surface area contributed by atoms with Crippen molar-refractivity contribution in [3.05, 3.63) is 60.3 Å². The van der Waals surface area contributed by atoms with Gasteiger partial charge < -0.3 is 10.4 Å². The van der Waals surface area contributed by atoms with Crippen molar-refractivity contribution in [1.29, 1.82) is 0 Å². The van der Waals surface area contributed by atoms with Gasteiger partial charge in [0.2, 0.25) is 11.8 Å². The second-order valence-electron chi connectivity index (χ2n) is 5.69. The van der Waals surface area contributed by atoms with Gasteiger partial charge in [-0.2, -0.15) is 0 Å². The molecule has 2 aromatic carbocycles. The van der Waals surface area contributed by atoms with Crippen LogP contribution in [0.15, 0.2) is 54.7 Å². The molecule has 3 rings (SSSR count). The molecule has 0 aliphatic rings. The van der Waals surface area contributed by atoms with E-state index in [0.717, 1.165) is 16.5 Å². The number of amides is 1. The molecule has 0 saturated carbocycles. The fourth-order valence-electron chi connectivity index (χ4n) is 2.64. The summed E-state index contributed by atoms with van der Waals surface area (Å²) in [6, 6.07) is 14.2. The first kappa shape index (κ1) is 15.8. The summed E-state index contributed by atoms with van der Waals surface area (Å²) in [4.78, 5) is 24.4. The lowest BCUT2D eigenvalue weighted by Gasteiger charge is -2.09. The number of hydrogen-bond acceptors (Lipinski definition) is 3. The quantitative estimate of drug-likeness (QED) is 0.719. The molecule has 3 aromatic rings. The fraction of sp³-hybridized carbons (Fsp3) is 0.158. The molecule has 0 aliphatic heterocycles. The summed E-state index contributed by atoms with van der Waals surface area (Å²) in [5, 5.41) is 13.1. The third kappa shape index (κ3) is 3.30. The number of nitrogens with one attached hydrogen (secondary N) is 1. The maximum atomic E-state index is 12.3. The van der Waals surface area contributed by atoms with E-state index in [2.05, 4.69) is 5.32 Å². The molecule has 0 saturated heterocycles. The molecule has 1 aromatic heterocycles. The Bertz CT molecular complexity index is 912. The number of fused-ring (bicyclic) bond motifs is 1. The maximum absolute atomic E-state index is 12.3. The predicted octanol–water partition coefficient (Wildman–Crippen LogP) is 3.71. The average molecular weight is 322 g/mol. The van der Waals surface area contributed by atoms with Crippen molar-refractivity contribution >= 4 is 28.4 Å². The molecule has 1 heterocycles. The van der Waals surface area contributed by atoms with Crippen molar-refractivity contribution in [3.8, 4) is 5.75 Å². The van der Waals surface area contributed by atoms with Gasteiger partial charge in [-0.15, -0.1) is 0 Å². The lowest BCUT2D eigenvalue weighted by molar-refractivity contribution is -0.116. The Labute approximate surface area is 139 Å². The molecule has 5 heteroatoms. The van der Waals surface area contributed by atoms with E-state index >= 15 is 0 Å². The van der Waals surface area contributed by atoms with Crippen molar-refractivity contribution in [2.45, 2.75) is 19.8 Å². The van der Waals surface area contributed by atoms with Gasteiger partial charge in [-0.25, -0.2) is 0 Å². The Kier molecular flexibility index (Phi) is 4.33. The molecule has 0 spiro atoms. The molecule has 0 aliphatic carbocycles. The summed E-state index contributed by atoms with van der Waals surface area (Å²) >= 11 is 0. The van der Waals surface area contributed by atoms with Crippen molar-refractivity contribution in [2.75, 3.05) is 5.32 Å². The van der Waals surface area contributed by atoms with Gasteiger partial charge in [-0.05, 0) is 42.8 Å². The third-order valence-corrected chi connectivity index (χ3v) is 3.92. The Morgan fingerprint density at radius 2 is 1.88 bits per heavy atom. The van der Waals surface area contributed by atoms with Gasteiger partial charge in [-0.1, -0.05) is 18.2 Å². The Balaban J connectivity index is 1.62. The minimum atomic E-state index is -0.228. The number of carbonyl (C=O) groups is 2. The molecule has 1 amide bonds. The maximum Gasteiger partial charge on any atom is 0.231 e. The molecule has 0 unspecified atom stereocenters. The van der Waals surface area contributed by atoms with Gasteiger partial charge in [-0.3, -0.25) is 14.2 Å². The number of aryl methyl sites for hydroxylation is 1. The number of benzene rings is 2. The summed E-state index contributed by atoms with van der Waals surface area (Å²) in [5.74, 6) is -0.192. The monoisotopic (exact) mass is 322 g/mol. The van der Waals surface area contributed by atoms with Crippen molar-refractivity contribution in [1.82, 2.24) is 4.57 Å². The van der Waals surface area contributed by atoms with Crippen LogP contribution in [0.5, 0.6) is 5.75 Å². The summed E-state index contributed by atoms with van der Waals surface area (Å²) in [6.07, 6.45) is 1.96. The smallest absolute Gasteiger partial charge is 0.231 e. The average Bonchev–Trinajstić information content (AvgIpc) is 2.99. The zero-order chi connectivity index (χ0) is 17.1. The van der Waals surface area contributed by atoms with E-state index in [1.54, 1.807) is 29.8 Å². The zero-order valence-corrected chi connectivity index (χ0v) is 13.3. The highest BCUT2D eigenvalue weighted by Gasteiger charge is 2.12. The summed E-state index contributed by atoms with van der Waals surface area (Å²) < 4.78 is 1.58. The van der Waals surface area contributed by atoms with Gasteiger partial charge >= 0.3 is 0 Å². The fourth-order valence-corrected chi connectivity index (χ4v) is 2.64. The number of aromatic nitrogens is 1. The van der Waals surface area contributed by atoms with Crippen LogP contribution >= 0.6 is 0 Å². The molecule has 0 radical (unpaired) electrons. The minimum absolute atomic E-state index is 0.103. The third-order valence-electron chi connectivity index (χ3n) is 3.92. The van der Waals surface area contributed by atoms with Crippen molar-refractivity contribution in [2.24, 2.45) is 0 Å². The van der Waals surface area contributed by atoms with E-state index < -0.39 is 0 Å². The highest BCUT2D eigenvalue weighted by molar-refractivity contribution is 5.97. The number of aromatic hydroxyl groups is 1. The van der Waals surface area contributed by atoms with Crippen LogP contribution in [0, 0.1) is 6.92 Å². The Morgan fingerprint density at radius 1 is 1.08 bits per heavy atom. The van der Waals surface area contributed by atoms with Crippen LogP contribution < -0.4 is 5.32 Å². The lowest BCUT2D eigenvalue weighted by Crippen LogP contribution is -2.16. The summed E-state index contributed by atoms with van der Waals surface area (Å²) in [6.45, 7) is 1.80. The van der Waals surface area contributed by atoms with E-state index in [4.69, 9.17) is 0 Å². The number of phenolic OH excluding ortho intramolecular Hbond substituents is 1. The Morgan fingerprint density at radius 3 is 2.67 bits per heavy atom. The van der Waals surface area contributed by atoms with Gasteiger partial charge in [0.1, 0.15) is 5.75 Å². The van der Waals surface area contributed by atoms with Crippen LogP contribution in [-0.2, 0) is 4.79 Å². The number of carbonyl (C=O) groups excluding carboxylic acids is 2. The van der Waals surface area contributed by atoms with Gasteiger partial charge in [0, 0.05) is 30.1 Å². The van der Waals surface area contributed by atoms with Crippen molar-refractivity contribution < 1.29 is 14.7 Å². The second-order valence-corrected chi connectivity index (χ2v) is 5.69. The number of phenols is 1.